The maximum absolute atomic E-state index is 12.7. The Balaban J connectivity index is 1.85. The minimum atomic E-state index is -1.00. The van der Waals surface area contributed by atoms with Crippen molar-refractivity contribution >= 4 is 46.4 Å². The molecular formula is C20H16Cl2N2O3S. The van der Waals surface area contributed by atoms with Gasteiger partial charge in [-0.25, -0.2) is 4.98 Å². The lowest BCUT2D eigenvalue weighted by molar-refractivity contribution is -0.137. The summed E-state index contributed by atoms with van der Waals surface area (Å²) in [5, 5.41) is 15.0. The van der Waals surface area contributed by atoms with E-state index in [1.54, 1.807) is 29.6 Å². The molecule has 0 fully saturated rings. The van der Waals surface area contributed by atoms with Gasteiger partial charge in [-0.3, -0.25) is 9.59 Å². The van der Waals surface area contributed by atoms with Gasteiger partial charge in [0.25, 0.3) is 5.91 Å². The first-order valence-electron chi connectivity index (χ1n) is 8.35. The van der Waals surface area contributed by atoms with Gasteiger partial charge in [0.2, 0.25) is 0 Å². The fraction of sp³-hybridized carbons (Fsp3) is 0.150. The summed E-state index contributed by atoms with van der Waals surface area (Å²) in [7, 11) is 0. The Morgan fingerprint density at radius 1 is 1.18 bits per heavy atom. The third kappa shape index (κ3) is 4.52. The molecule has 3 rings (SSSR count). The number of aryl methyl sites for hydroxylation is 1. The quantitative estimate of drug-likeness (QED) is 0.546. The summed E-state index contributed by atoms with van der Waals surface area (Å²) in [5.74, 6) is -1.45. The van der Waals surface area contributed by atoms with Crippen LogP contribution in [0.15, 0.2) is 47.8 Å². The maximum atomic E-state index is 12.7. The van der Waals surface area contributed by atoms with Crippen LogP contribution in [0.2, 0.25) is 10.0 Å². The normalized spacial score (nSPS) is 11.8. The van der Waals surface area contributed by atoms with Crippen LogP contribution in [0, 0.1) is 6.92 Å². The molecule has 144 valence electrons. The minimum Gasteiger partial charge on any atom is -0.481 e. The van der Waals surface area contributed by atoms with Gasteiger partial charge in [0.1, 0.15) is 10.7 Å². The van der Waals surface area contributed by atoms with E-state index >= 15 is 0 Å². The number of hydrogen-bond acceptors (Lipinski definition) is 4. The van der Waals surface area contributed by atoms with Gasteiger partial charge in [0.05, 0.1) is 22.5 Å². The molecule has 0 unspecified atom stereocenters. The van der Waals surface area contributed by atoms with E-state index in [1.165, 1.54) is 11.3 Å². The van der Waals surface area contributed by atoms with Crippen molar-refractivity contribution in [3.05, 3.63) is 74.7 Å². The van der Waals surface area contributed by atoms with E-state index in [0.29, 0.717) is 20.6 Å². The summed E-state index contributed by atoms with van der Waals surface area (Å²) in [6.45, 7) is 1.87. The molecule has 2 aromatic carbocycles. The van der Waals surface area contributed by atoms with Crippen LogP contribution in [0.4, 0.5) is 0 Å². The highest BCUT2D eigenvalue weighted by molar-refractivity contribution is 7.13. The molecule has 5 nitrogen and oxygen atoms in total. The van der Waals surface area contributed by atoms with Gasteiger partial charge in [0.15, 0.2) is 0 Å². The van der Waals surface area contributed by atoms with Gasteiger partial charge in [-0.15, -0.1) is 11.3 Å². The molecular weight excluding hydrogens is 419 g/mol. The average Bonchev–Trinajstić information content (AvgIpc) is 3.13. The maximum Gasteiger partial charge on any atom is 0.305 e. The van der Waals surface area contributed by atoms with Gasteiger partial charge in [-0.2, -0.15) is 0 Å². The van der Waals surface area contributed by atoms with Crippen LogP contribution in [0.25, 0.3) is 10.6 Å². The van der Waals surface area contributed by atoms with Crippen LogP contribution >= 0.6 is 34.5 Å². The second-order valence-electron chi connectivity index (χ2n) is 6.12. The molecule has 1 atom stereocenters. The molecule has 0 aliphatic carbocycles. The molecule has 0 aliphatic rings. The number of nitrogens with one attached hydrogen (secondary N) is 1. The Morgan fingerprint density at radius 2 is 1.93 bits per heavy atom. The van der Waals surface area contributed by atoms with Crippen LogP contribution in [-0.2, 0) is 4.79 Å². The van der Waals surface area contributed by atoms with Crippen molar-refractivity contribution in [2.45, 2.75) is 19.4 Å². The summed E-state index contributed by atoms with van der Waals surface area (Å²) in [6.07, 6.45) is -0.228. The lowest BCUT2D eigenvalue weighted by Crippen LogP contribution is -2.30. The topological polar surface area (TPSA) is 79.3 Å². The van der Waals surface area contributed by atoms with E-state index in [9.17, 15) is 14.7 Å². The molecule has 0 bridgehead atoms. The molecule has 3 aromatic rings. The number of thiazole rings is 1. The zero-order chi connectivity index (χ0) is 20.3. The third-order valence-electron chi connectivity index (χ3n) is 4.17. The number of carboxylic acid groups (broad SMARTS) is 1. The van der Waals surface area contributed by atoms with E-state index in [1.807, 2.05) is 25.1 Å². The Morgan fingerprint density at radius 3 is 2.64 bits per heavy atom. The third-order valence-corrected chi connectivity index (χ3v) is 5.86. The van der Waals surface area contributed by atoms with Crippen molar-refractivity contribution in [3.63, 3.8) is 0 Å². The zero-order valence-corrected chi connectivity index (χ0v) is 17.1. The van der Waals surface area contributed by atoms with Gasteiger partial charge in [-0.1, -0.05) is 59.6 Å². The van der Waals surface area contributed by atoms with E-state index in [4.69, 9.17) is 23.2 Å². The molecule has 0 spiro atoms. The molecule has 0 radical (unpaired) electrons. The molecule has 1 heterocycles. The van der Waals surface area contributed by atoms with E-state index < -0.39 is 17.9 Å². The smallest absolute Gasteiger partial charge is 0.305 e. The van der Waals surface area contributed by atoms with E-state index in [2.05, 4.69) is 10.3 Å². The second-order valence-corrected chi connectivity index (χ2v) is 7.76. The molecule has 8 heteroatoms. The minimum absolute atomic E-state index is 0.194. The standard InChI is InChI=1S/C20H16Cl2N2O3S/c1-11-5-2-3-6-12(11)15(9-17(25)26)23-19(27)16-10-28-20(24-16)13-7-4-8-14(21)18(13)22/h2-8,10,15H,9H2,1H3,(H,23,27)(H,25,26)/t15-/m0/s1. The first-order chi connectivity index (χ1) is 13.4. The predicted octanol–water partition coefficient (Wildman–Crippen LogP) is 5.37. The number of amides is 1. The fourth-order valence-electron chi connectivity index (χ4n) is 2.79. The molecule has 0 saturated heterocycles. The van der Waals surface area contributed by atoms with Crippen LogP contribution in [0.5, 0.6) is 0 Å². The van der Waals surface area contributed by atoms with Crippen molar-refractivity contribution in [3.8, 4) is 10.6 Å². The zero-order valence-electron chi connectivity index (χ0n) is 14.8. The highest BCUT2D eigenvalue weighted by atomic mass is 35.5. The first kappa shape index (κ1) is 20.3. The van der Waals surface area contributed by atoms with Crippen molar-refractivity contribution in [2.75, 3.05) is 0 Å². The summed E-state index contributed by atoms with van der Waals surface area (Å²) in [6, 6.07) is 11.9. The number of aliphatic carboxylic acids is 1. The second kappa shape index (κ2) is 8.73. The Labute approximate surface area is 176 Å². The molecule has 0 aliphatic heterocycles. The predicted molar refractivity (Wildman–Crippen MR) is 111 cm³/mol. The number of carboxylic acids is 1. The Bertz CT molecular complexity index is 1040. The van der Waals surface area contributed by atoms with Crippen molar-refractivity contribution < 1.29 is 14.7 Å². The van der Waals surface area contributed by atoms with Crippen LogP contribution in [0.3, 0.4) is 0 Å². The molecule has 28 heavy (non-hydrogen) atoms. The molecule has 2 N–H and O–H groups in total. The van der Waals surface area contributed by atoms with E-state index in [0.717, 1.165) is 11.1 Å². The number of hydrogen-bond donors (Lipinski definition) is 2. The van der Waals surface area contributed by atoms with Crippen molar-refractivity contribution in [1.29, 1.82) is 0 Å². The highest BCUT2D eigenvalue weighted by Crippen LogP contribution is 2.35. The summed E-state index contributed by atoms with van der Waals surface area (Å²) >= 11 is 13.5. The highest BCUT2D eigenvalue weighted by Gasteiger charge is 2.22. The van der Waals surface area contributed by atoms with Crippen LogP contribution in [-0.4, -0.2) is 22.0 Å². The number of nitrogens with zero attached hydrogens (tertiary/aromatic N) is 1. The largest absolute Gasteiger partial charge is 0.481 e. The summed E-state index contributed by atoms with van der Waals surface area (Å²) in [5.41, 5.74) is 2.49. The fourth-order valence-corrected chi connectivity index (χ4v) is 4.07. The summed E-state index contributed by atoms with van der Waals surface area (Å²) in [4.78, 5) is 28.3. The van der Waals surface area contributed by atoms with Crippen LogP contribution in [0.1, 0.15) is 34.1 Å². The van der Waals surface area contributed by atoms with Gasteiger partial charge in [-0.05, 0) is 24.1 Å². The number of carbonyl (C=O) groups is 2. The monoisotopic (exact) mass is 434 g/mol. The van der Waals surface area contributed by atoms with Gasteiger partial charge in [0, 0.05) is 10.9 Å². The lowest BCUT2D eigenvalue weighted by Gasteiger charge is -2.18. The Hall–Kier alpha value is -2.41. The van der Waals surface area contributed by atoms with Crippen LogP contribution < -0.4 is 5.32 Å². The van der Waals surface area contributed by atoms with Crippen molar-refractivity contribution in [1.82, 2.24) is 10.3 Å². The molecule has 0 saturated carbocycles. The van der Waals surface area contributed by atoms with E-state index in [-0.39, 0.29) is 12.1 Å². The lowest BCUT2D eigenvalue weighted by atomic mass is 9.98. The Kier molecular flexibility index (Phi) is 6.34. The molecule has 1 amide bonds. The SMILES string of the molecule is Cc1ccccc1[C@H](CC(=O)O)NC(=O)c1csc(-c2cccc(Cl)c2Cl)n1. The van der Waals surface area contributed by atoms with Gasteiger partial charge < -0.3 is 10.4 Å². The number of carbonyl (C=O) groups excluding carboxylic acids is 1. The summed E-state index contributed by atoms with van der Waals surface area (Å²) < 4.78 is 0. The van der Waals surface area contributed by atoms with Gasteiger partial charge >= 0.3 is 5.97 Å². The molecule has 1 aromatic heterocycles. The number of rotatable bonds is 6. The van der Waals surface area contributed by atoms with Crippen molar-refractivity contribution in [2.24, 2.45) is 0 Å². The number of halogens is 2. The first-order valence-corrected chi connectivity index (χ1v) is 9.98. The number of benzene rings is 2. The number of aromatic nitrogens is 1. The average molecular weight is 435 g/mol.